The first-order chi connectivity index (χ1) is 16.9. The summed E-state index contributed by atoms with van der Waals surface area (Å²) in [7, 11) is 0. The summed E-state index contributed by atoms with van der Waals surface area (Å²) in [6.07, 6.45) is 0. The summed E-state index contributed by atoms with van der Waals surface area (Å²) in [5.74, 6) is -3.04. The van der Waals surface area contributed by atoms with Crippen LogP contribution in [0, 0.1) is 0 Å². The minimum atomic E-state index is -0.950. The van der Waals surface area contributed by atoms with E-state index in [-0.39, 0.29) is 54.2 Å². The molecule has 0 atom stereocenters. The molecule has 0 heterocycles. The van der Waals surface area contributed by atoms with Gasteiger partial charge < -0.3 is 18.9 Å². The van der Waals surface area contributed by atoms with Crippen LogP contribution in [0.5, 0.6) is 0 Å². The first-order valence-corrected chi connectivity index (χ1v) is 12.5. The minimum absolute atomic E-state index is 0.0191. The second kappa shape index (κ2) is 13.5. The quantitative estimate of drug-likeness (QED) is 0.234. The Bertz CT molecular complexity index is 1080. The van der Waals surface area contributed by atoms with E-state index in [1.807, 2.05) is 6.92 Å². The summed E-state index contributed by atoms with van der Waals surface area (Å²) >= 11 is 1.24. The fourth-order valence-corrected chi connectivity index (χ4v) is 4.50. The van der Waals surface area contributed by atoms with E-state index in [4.69, 9.17) is 18.9 Å². The van der Waals surface area contributed by atoms with Crippen LogP contribution < -0.4 is 0 Å². The van der Waals surface area contributed by atoms with Crippen LogP contribution in [0.2, 0.25) is 0 Å². The lowest BCUT2D eigenvalue weighted by molar-refractivity contribution is 0.0442. The van der Waals surface area contributed by atoms with E-state index in [9.17, 15) is 19.2 Å². The molecule has 2 aromatic carbocycles. The summed E-state index contributed by atoms with van der Waals surface area (Å²) in [6, 6.07) is 8.80. The van der Waals surface area contributed by atoms with Crippen LogP contribution in [0.3, 0.4) is 0 Å². The van der Waals surface area contributed by atoms with E-state index in [1.54, 1.807) is 58.0 Å². The van der Waals surface area contributed by atoms with Crippen LogP contribution in [-0.2, 0) is 18.9 Å². The van der Waals surface area contributed by atoms with Gasteiger partial charge in [0, 0.05) is 10.5 Å². The van der Waals surface area contributed by atoms with E-state index >= 15 is 0 Å². The average molecular weight is 503 g/mol. The van der Waals surface area contributed by atoms with E-state index < -0.39 is 23.9 Å². The molecular weight excluding hydrogens is 472 g/mol. The molecule has 2 aromatic rings. The molecule has 8 nitrogen and oxygen atoms in total. The van der Waals surface area contributed by atoms with Crippen molar-refractivity contribution in [1.82, 2.24) is 0 Å². The number of carbonyl (C=O) groups excluding carboxylic acids is 4. The highest BCUT2D eigenvalue weighted by Crippen LogP contribution is 2.43. The van der Waals surface area contributed by atoms with Crippen molar-refractivity contribution in [3.05, 3.63) is 52.6 Å². The SMILES string of the molecule is CCOC(=O)c1c(SCC)c(-c2ccccc2)c(C(=O)OCC)c(C(=O)OCC)c1C(=O)OCC. The van der Waals surface area contributed by atoms with Crippen LogP contribution in [0.4, 0.5) is 0 Å². The lowest BCUT2D eigenvalue weighted by Crippen LogP contribution is -2.26. The minimum Gasteiger partial charge on any atom is -0.462 e. The molecule has 0 aliphatic carbocycles. The molecule has 0 spiro atoms. The lowest BCUT2D eigenvalue weighted by Gasteiger charge is -2.23. The largest absolute Gasteiger partial charge is 0.462 e. The van der Waals surface area contributed by atoms with Crippen LogP contribution in [0.1, 0.15) is 76.1 Å². The Balaban J connectivity index is 3.25. The van der Waals surface area contributed by atoms with Gasteiger partial charge in [-0.3, -0.25) is 0 Å². The van der Waals surface area contributed by atoms with Crippen LogP contribution in [-0.4, -0.2) is 56.1 Å². The molecule has 0 aromatic heterocycles. The Morgan fingerprint density at radius 3 is 1.43 bits per heavy atom. The summed E-state index contributed by atoms with van der Waals surface area (Å²) in [6.45, 7) is 8.33. The molecule has 0 aliphatic heterocycles. The fourth-order valence-electron chi connectivity index (χ4n) is 3.52. The highest BCUT2D eigenvalue weighted by atomic mass is 32.2. The van der Waals surface area contributed by atoms with E-state index in [0.29, 0.717) is 16.2 Å². The zero-order chi connectivity index (χ0) is 26.0. The van der Waals surface area contributed by atoms with E-state index in [0.717, 1.165) is 0 Å². The molecule has 0 saturated carbocycles. The highest BCUT2D eigenvalue weighted by Gasteiger charge is 2.38. The molecule has 188 valence electrons. The average Bonchev–Trinajstić information content (AvgIpc) is 2.84. The maximum Gasteiger partial charge on any atom is 0.340 e. The maximum atomic E-state index is 13.4. The third kappa shape index (κ3) is 6.22. The summed E-state index contributed by atoms with van der Waals surface area (Å²) in [5.41, 5.74) is -0.225. The number of benzene rings is 2. The molecule has 0 unspecified atom stereocenters. The Hall–Kier alpha value is -3.33. The standard InChI is InChI=1S/C26H30O8S/c1-6-31-23(27)18-17(16-14-12-11-13-15-16)22(35-10-5)21(26(30)34-9-4)20(25(29)33-8-3)19(18)24(28)32-7-2/h11-15H,6-10H2,1-5H3. The zero-order valence-corrected chi connectivity index (χ0v) is 21.4. The zero-order valence-electron chi connectivity index (χ0n) is 20.6. The highest BCUT2D eigenvalue weighted by molar-refractivity contribution is 7.99. The first-order valence-electron chi connectivity index (χ1n) is 11.5. The lowest BCUT2D eigenvalue weighted by atomic mass is 9.87. The van der Waals surface area contributed by atoms with Gasteiger partial charge in [0.15, 0.2) is 0 Å². The van der Waals surface area contributed by atoms with Gasteiger partial charge in [0.1, 0.15) is 0 Å². The topological polar surface area (TPSA) is 105 Å². The van der Waals surface area contributed by atoms with Gasteiger partial charge in [-0.2, -0.15) is 0 Å². The van der Waals surface area contributed by atoms with Gasteiger partial charge in [-0.1, -0.05) is 37.3 Å². The van der Waals surface area contributed by atoms with E-state index in [1.165, 1.54) is 11.8 Å². The Labute approximate surface area is 209 Å². The predicted molar refractivity (Wildman–Crippen MR) is 132 cm³/mol. The van der Waals surface area contributed by atoms with Crippen LogP contribution in [0.15, 0.2) is 35.2 Å². The fraction of sp³-hybridized carbons (Fsp3) is 0.385. The van der Waals surface area contributed by atoms with Gasteiger partial charge in [0.2, 0.25) is 0 Å². The number of carbonyl (C=O) groups is 4. The molecular formula is C26H30O8S. The number of esters is 4. The van der Waals surface area contributed by atoms with Crippen molar-refractivity contribution in [2.75, 3.05) is 32.2 Å². The molecule has 0 N–H and O–H groups in total. The molecule has 2 rings (SSSR count). The van der Waals surface area contributed by atoms with Crippen molar-refractivity contribution in [3.8, 4) is 11.1 Å². The van der Waals surface area contributed by atoms with Crippen molar-refractivity contribution in [1.29, 1.82) is 0 Å². The second-order valence-corrected chi connectivity index (χ2v) is 8.16. The van der Waals surface area contributed by atoms with Crippen molar-refractivity contribution >= 4 is 35.6 Å². The van der Waals surface area contributed by atoms with Crippen molar-refractivity contribution in [2.45, 2.75) is 39.5 Å². The molecule has 0 aliphatic rings. The molecule has 0 bridgehead atoms. The molecule has 9 heteroatoms. The summed E-state index contributed by atoms with van der Waals surface area (Å²) in [4.78, 5) is 53.5. The molecule has 0 fully saturated rings. The summed E-state index contributed by atoms with van der Waals surface area (Å²) < 4.78 is 21.1. The number of ether oxygens (including phenoxy) is 4. The number of thioether (sulfide) groups is 1. The molecule has 0 radical (unpaired) electrons. The van der Waals surface area contributed by atoms with Gasteiger partial charge in [-0.05, 0) is 39.0 Å². The molecule has 35 heavy (non-hydrogen) atoms. The van der Waals surface area contributed by atoms with Crippen LogP contribution >= 0.6 is 11.8 Å². The first kappa shape index (κ1) is 27.9. The van der Waals surface area contributed by atoms with Crippen molar-refractivity contribution in [3.63, 3.8) is 0 Å². The third-order valence-electron chi connectivity index (χ3n) is 4.72. The van der Waals surface area contributed by atoms with Gasteiger partial charge in [0.05, 0.1) is 48.7 Å². The number of hydrogen-bond acceptors (Lipinski definition) is 9. The normalized spacial score (nSPS) is 10.4. The number of rotatable bonds is 11. The Morgan fingerprint density at radius 1 is 0.600 bits per heavy atom. The van der Waals surface area contributed by atoms with Gasteiger partial charge in [0.25, 0.3) is 0 Å². The number of hydrogen-bond donors (Lipinski definition) is 0. The molecule has 0 amide bonds. The van der Waals surface area contributed by atoms with Crippen molar-refractivity contribution in [2.24, 2.45) is 0 Å². The Morgan fingerprint density at radius 2 is 1.00 bits per heavy atom. The maximum absolute atomic E-state index is 13.4. The van der Waals surface area contributed by atoms with Crippen LogP contribution in [0.25, 0.3) is 11.1 Å². The van der Waals surface area contributed by atoms with Gasteiger partial charge >= 0.3 is 23.9 Å². The smallest absolute Gasteiger partial charge is 0.340 e. The van der Waals surface area contributed by atoms with Gasteiger partial charge in [-0.25, -0.2) is 19.2 Å². The third-order valence-corrected chi connectivity index (χ3v) is 5.71. The monoisotopic (exact) mass is 502 g/mol. The Kier molecular flexibility index (Phi) is 10.8. The second-order valence-electron chi connectivity index (χ2n) is 6.89. The van der Waals surface area contributed by atoms with Gasteiger partial charge in [-0.15, -0.1) is 11.8 Å². The van der Waals surface area contributed by atoms with E-state index in [2.05, 4.69) is 0 Å². The molecule has 0 saturated heterocycles. The van der Waals surface area contributed by atoms with Crippen molar-refractivity contribution < 1.29 is 38.1 Å². The summed E-state index contributed by atoms with van der Waals surface area (Å²) in [5, 5.41) is 0. The predicted octanol–water partition coefficient (Wildman–Crippen LogP) is 5.17.